The van der Waals surface area contributed by atoms with E-state index in [2.05, 4.69) is 12.1 Å². The van der Waals surface area contributed by atoms with Crippen LogP contribution in [-0.2, 0) is 5.54 Å². The number of aromatic nitrogens is 2. The van der Waals surface area contributed by atoms with Crippen LogP contribution in [0.1, 0.15) is 35.2 Å². The van der Waals surface area contributed by atoms with Crippen LogP contribution in [0.4, 0.5) is 0 Å². The smallest absolute Gasteiger partial charge is 0.337 e. The van der Waals surface area contributed by atoms with Crippen LogP contribution < -0.4 is 5.73 Å². The van der Waals surface area contributed by atoms with Crippen LogP contribution in [0.15, 0.2) is 66.9 Å². The van der Waals surface area contributed by atoms with Gasteiger partial charge in [-0.2, -0.15) is 0 Å². The Morgan fingerprint density at radius 3 is 2.37 bits per heavy atom. The zero-order valence-corrected chi connectivity index (χ0v) is 16.9. The Kier molecular flexibility index (Phi) is 4.38. The number of imidazole rings is 1. The summed E-state index contributed by atoms with van der Waals surface area (Å²) in [5, 5.41) is 9.78. The van der Waals surface area contributed by atoms with Crippen molar-refractivity contribution >= 4 is 23.2 Å². The number of carboxylic acid groups (broad SMARTS) is 1. The van der Waals surface area contributed by atoms with Gasteiger partial charge in [-0.15, -0.1) is 0 Å². The Labute approximate surface area is 178 Å². The number of rotatable bonds is 4. The van der Waals surface area contributed by atoms with Gasteiger partial charge in [0.2, 0.25) is 0 Å². The molecule has 5 nitrogen and oxygen atoms in total. The number of hydrogen-bond donors (Lipinski definition) is 2. The molecule has 0 bridgehead atoms. The first-order valence-corrected chi connectivity index (χ1v) is 10.2. The zero-order chi connectivity index (χ0) is 20.9. The maximum atomic E-state index is 11.6. The molecule has 30 heavy (non-hydrogen) atoms. The normalized spacial score (nSPS) is 15.1. The standard InChI is InChI=1S/C24H20ClN3O2/c25-19-13-17(23(29)30)14-28-21(16-5-2-1-3-6-16)20(27-22(19)28)15-7-9-18(10-8-15)24(26)11-4-12-24/h1-3,5-10,13-14H,4,11-12,26H2,(H,29,30). The minimum absolute atomic E-state index is 0.110. The molecule has 0 spiro atoms. The van der Waals surface area contributed by atoms with Crippen LogP contribution in [0.5, 0.6) is 0 Å². The van der Waals surface area contributed by atoms with Crippen LogP contribution >= 0.6 is 11.6 Å². The zero-order valence-electron chi connectivity index (χ0n) is 16.2. The summed E-state index contributed by atoms with van der Waals surface area (Å²) in [5.74, 6) is -1.04. The van der Waals surface area contributed by atoms with Crippen molar-refractivity contribution in [3.8, 4) is 22.5 Å². The van der Waals surface area contributed by atoms with Crippen LogP contribution in [0.2, 0.25) is 5.02 Å². The molecule has 150 valence electrons. The van der Waals surface area contributed by atoms with E-state index < -0.39 is 5.97 Å². The van der Waals surface area contributed by atoms with Gasteiger partial charge in [0.15, 0.2) is 5.65 Å². The summed E-state index contributed by atoms with van der Waals surface area (Å²) in [6, 6.07) is 19.4. The third kappa shape index (κ3) is 2.98. The molecule has 1 aliphatic rings. The summed E-state index contributed by atoms with van der Waals surface area (Å²) in [5.41, 5.74) is 11.4. The number of carboxylic acids is 1. The maximum absolute atomic E-state index is 11.6. The molecule has 2 aromatic carbocycles. The van der Waals surface area contributed by atoms with E-state index in [1.54, 1.807) is 10.6 Å². The van der Waals surface area contributed by atoms with E-state index in [4.69, 9.17) is 22.3 Å². The SMILES string of the molecule is NC1(c2ccc(-c3nc4c(Cl)cc(C(=O)O)cn4c3-c3ccccc3)cc2)CCC1. The van der Waals surface area contributed by atoms with E-state index in [-0.39, 0.29) is 11.1 Å². The molecule has 5 rings (SSSR count). The lowest BCUT2D eigenvalue weighted by atomic mass is 9.72. The lowest BCUT2D eigenvalue weighted by Gasteiger charge is -2.38. The lowest BCUT2D eigenvalue weighted by Crippen LogP contribution is -2.43. The number of aromatic carboxylic acids is 1. The van der Waals surface area contributed by atoms with Crippen molar-refractivity contribution in [3.63, 3.8) is 0 Å². The Bertz CT molecular complexity index is 1260. The molecular formula is C24H20ClN3O2. The van der Waals surface area contributed by atoms with Gasteiger partial charge in [0.25, 0.3) is 0 Å². The Morgan fingerprint density at radius 2 is 1.77 bits per heavy atom. The van der Waals surface area contributed by atoms with Gasteiger partial charge in [-0.25, -0.2) is 9.78 Å². The van der Waals surface area contributed by atoms with Gasteiger partial charge in [0.1, 0.15) is 0 Å². The monoisotopic (exact) mass is 417 g/mol. The summed E-state index contributed by atoms with van der Waals surface area (Å²) < 4.78 is 1.76. The number of nitrogens with zero attached hydrogens (tertiary/aromatic N) is 2. The van der Waals surface area contributed by atoms with E-state index in [1.807, 2.05) is 42.5 Å². The molecule has 0 atom stereocenters. The van der Waals surface area contributed by atoms with Crippen molar-refractivity contribution in [3.05, 3.63) is 83.0 Å². The van der Waals surface area contributed by atoms with Gasteiger partial charge in [-0.05, 0) is 30.9 Å². The first-order valence-electron chi connectivity index (χ1n) is 9.86. The highest BCUT2D eigenvalue weighted by molar-refractivity contribution is 6.34. The molecule has 6 heteroatoms. The number of fused-ring (bicyclic) bond motifs is 1. The van der Waals surface area contributed by atoms with Crippen LogP contribution in [0, 0.1) is 0 Å². The van der Waals surface area contributed by atoms with Crippen molar-refractivity contribution in [2.45, 2.75) is 24.8 Å². The van der Waals surface area contributed by atoms with Crippen LogP contribution in [0.25, 0.3) is 28.2 Å². The quantitative estimate of drug-likeness (QED) is 0.468. The second-order valence-electron chi connectivity index (χ2n) is 7.84. The second-order valence-corrected chi connectivity index (χ2v) is 8.24. The fourth-order valence-corrected chi connectivity index (χ4v) is 4.35. The summed E-state index contributed by atoms with van der Waals surface area (Å²) in [6.45, 7) is 0. The van der Waals surface area contributed by atoms with E-state index in [0.29, 0.717) is 10.7 Å². The average molecular weight is 418 g/mol. The van der Waals surface area contributed by atoms with Crippen LogP contribution in [-0.4, -0.2) is 20.5 Å². The predicted octanol–water partition coefficient (Wildman–Crippen LogP) is 5.36. The van der Waals surface area contributed by atoms with Crippen molar-refractivity contribution < 1.29 is 9.90 Å². The van der Waals surface area contributed by atoms with E-state index in [9.17, 15) is 9.90 Å². The second kappa shape index (κ2) is 6.97. The first kappa shape index (κ1) is 18.9. The Morgan fingerprint density at radius 1 is 1.07 bits per heavy atom. The highest BCUT2D eigenvalue weighted by Gasteiger charge is 2.34. The van der Waals surface area contributed by atoms with E-state index in [0.717, 1.165) is 47.3 Å². The Hall–Kier alpha value is -3.15. The fourth-order valence-electron chi connectivity index (χ4n) is 4.10. The van der Waals surface area contributed by atoms with Gasteiger partial charge in [0.05, 0.1) is 22.0 Å². The molecule has 0 radical (unpaired) electrons. The molecule has 2 aromatic heterocycles. The fraction of sp³-hybridized carbons (Fsp3) is 0.167. The maximum Gasteiger partial charge on any atom is 0.337 e. The number of pyridine rings is 1. The third-order valence-electron chi connectivity index (χ3n) is 5.95. The molecule has 1 aliphatic carbocycles. The molecule has 1 saturated carbocycles. The third-order valence-corrected chi connectivity index (χ3v) is 6.23. The summed E-state index contributed by atoms with van der Waals surface area (Å²) in [4.78, 5) is 16.4. The molecule has 0 aliphatic heterocycles. The topological polar surface area (TPSA) is 80.6 Å². The molecular weight excluding hydrogens is 398 g/mol. The van der Waals surface area contributed by atoms with Gasteiger partial charge in [-0.3, -0.25) is 4.40 Å². The molecule has 0 unspecified atom stereocenters. The minimum atomic E-state index is -1.04. The van der Waals surface area contributed by atoms with E-state index >= 15 is 0 Å². The number of nitrogens with two attached hydrogens (primary N) is 1. The molecule has 0 saturated heterocycles. The van der Waals surface area contributed by atoms with Crippen LogP contribution in [0.3, 0.4) is 0 Å². The molecule has 0 amide bonds. The van der Waals surface area contributed by atoms with E-state index in [1.165, 1.54) is 6.07 Å². The van der Waals surface area contributed by atoms with Gasteiger partial charge in [0, 0.05) is 22.9 Å². The highest BCUT2D eigenvalue weighted by atomic mass is 35.5. The first-order chi connectivity index (χ1) is 14.5. The number of hydrogen-bond acceptors (Lipinski definition) is 3. The van der Waals surface area contributed by atoms with Gasteiger partial charge >= 0.3 is 5.97 Å². The largest absolute Gasteiger partial charge is 0.478 e. The summed E-state index contributed by atoms with van der Waals surface area (Å²) in [6.07, 6.45) is 4.74. The van der Waals surface area contributed by atoms with Crippen molar-refractivity contribution in [1.82, 2.24) is 9.38 Å². The molecule has 1 fully saturated rings. The number of benzene rings is 2. The molecule has 2 heterocycles. The lowest BCUT2D eigenvalue weighted by molar-refractivity contribution is 0.0696. The number of carbonyl (C=O) groups is 1. The number of halogens is 1. The summed E-state index contributed by atoms with van der Waals surface area (Å²) >= 11 is 6.41. The van der Waals surface area contributed by atoms with Crippen molar-refractivity contribution in [1.29, 1.82) is 0 Å². The molecule has 3 N–H and O–H groups in total. The predicted molar refractivity (Wildman–Crippen MR) is 118 cm³/mol. The van der Waals surface area contributed by atoms with Gasteiger partial charge < -0.3 is 10.8 Å². The van der Waals surface area contributed by atoms with Crippen molar-refractivity contribution in [2.75, 3.05) is 0 Å². The summed E-state index contributed by atoms with van der Waals surface area (Å²) in [7, 11) is 0. The minimum Gasteiger partial charge on any atom is -0.478 e. The Balaban J connectivity index is 1.73. The molecule has 4 aromatic rings. The van der Waals surface area contributed by atoms with Gasteiger partial charge in [-0.1, -0.05) is 66.2 Å². The average Bonchev–Trinajstić information content (AvgIpc) is 3.13. The highest BCUT2D eigenvalue weighted by Crippen LogP contribution is 2.40. The van der Waals surface area contributed by atoms with Crippen molar-refractivity contribution in [2.24, 2.45) is 5.73 Å².